The number of hydrogen-bond donors (Lipinski definition) is 0. The topological polar surface area (TPSA) is 23.6 Å². The molecule has 3 nitrogen and oxygen atoms in total. The van der Waals surface area contributed by atoms with Crippen molar-refractivity contribution < 1.29 is 4.21 Å². The fourth-order valence-corrected chi connectivity index (χ4v) is 3.77. The first kappa shape index (κ1) is 12.5. The summed E-state index contributed by atoms with van der Waals surface area (Å²) in [5.74, 6) is 0.764. The van der Waals surface area contributed by atoms with Crippen molar-refractivity contribution in [1.29, 1.82) is 0 Å². The Bertz CT molecular complexity index is 252. The Morgan fingerprint density at radius 2 is 1.62 bits per heavy atom. The fourth-order valence-electron chi connectivity index (χ4n) is 2.44. The second-order valence-electron chi connectivity index (χ2n) is 5.87. The summed E-state index contributed by atoms with van der Waals surface area (Å²) in [5, 5.41) is 0. The Balaban J connectivity index is 1.77. The van der Waals surface area contributed by atoms with Crippen LogP contribution in [0.25, 0.3) is 0 Å². The van der Waals surface area contributed by atoms with Crippen LogP contribution in [0.1, 0.15) is 39.5 Å². The Kier molecular flexibility index (Phi) is 4.03. The molecule has 2 rings (SSSR count). The third kappa shape index (κ3) is 3.28. The Hall–Kier alpha value is 0.0700. The minimum Gasteiger partial charge on any atom is -0.291 e. The molecular formula is C12H24N2OS. The van der Waals surface area contributed by atoms with E-state index in [0.717, 1.165) is 32.1 Å². The van der Waals surface area contributed by atoms with Crippen molar-refractivity contribution in [3.63, 3.8) is 0 Å². The first-order valence-corrected chi connectivity index (χ1v) is 7.70. The number of hydrogen-bond acceptors (Lipinski definition) is 2. The number of likely N-dealkylation sites (tertiary alicyclic amines) is 1. The van der Waals surface area contributed by atoms with Crippen molar-refractivity contribution in [1.82, 2.24) is 9.21 Å². The molecule has 1 unspecified atom stereocenters. The molecule has 0 aromatic heterocycles. The smallest absolute Gasteiger partial charge is 0.109 e. The predicted octanol–water partition coefficient (Wildman–Crippen LogP) is 1.83. The summed E-state index contributed by atoms with van der Waals surface area (Å²) in [7, 11) is -0.770. The normalized spacial score (nSPS) is 29.4. The first-order valence-electron chi connectivity index (χ1n) is 6.43. The highest BCUT2D eigenvalue weighted by Crippen LogP contribution is 2.30. The zero-order valence-electron chi connectivity index (χ0n) is 10.6. The summed E-state index contributed by atoms with van der Waals surface area (Å²) >= 11 is 0. The molecule has 2 fully saturated rings. The molecule has 0 aromatic rings. The van der Waals surface area contributed by atoms with Gasteiger partial charge in [-0.05, 0) is 44.2 Å². The number of piperidine rings is 1. The zero-order chi connectivity index (χ0) is 11.6. The molecule has 0 spiro atoms. The molecular weight excluding hydrogens is 220 g/mol. The van der Waals surface area contributed by atoms with Crippen LogP contribution in [-0.4, -0.2) is 45.5 Å². The van der Waals surface area contributed by atoms with E-state index in [2.05, 4.69) is 23.1 Å². The van der Waals surface area contributed by atoms with E-state index in [1.807, 2.05) is 0 Å². The van der Waals surface area contributed by atoms with Crippen LogP contribution in [0.3, 0.4) is 0 Å². The predicted molar refractivity (Wildman–Crippen MR) is 68.4 cm³/mol. The standard InChI is InChI=1S/C12H24N2OS/c1-12(2)5-9-14(10-6-12)16(15)11-13-7-3-4-8-13/h3-11H2,1-2H3. The highest BCUT2D eigenvalue weighted by atomic mass is 32.2. The van der Waals surface area contributed by atoms with Crippen molar-refractivity contribution >= 4 is 11.0 Å². The Morgan fingerprint density at radius 3 is 2.19 bits per heavy atom. The average Bonchev–Trinajstić information content (AvgIpc) is 2.70. The maximum Gasteiger partial charge on any atom is 0.109 e. The van der Waals surface area contributed by atoms with Crippen LogP contribution in [0.15, 0.2) is 0 Å². The second kappa shape index (κ2) is 5.15. The molecule has 16 heavy (non-hydrogen) atoms. The van der Waals surface area contributed by atoms with E-state index in [1.165, 1.54) is 25.7 Å². The summed E-state index contributed by atoms with van der Waals surface area (Å²) in [4.78, 5) is 2.34. The van der Waals surface area contributed by atoms with Gasteiger partial charge in [-0.25, -0.2) is 8.51 Å². The largest absolute Gasteiger partial charge is 0.291 e. The average molecular weight is 244 g/mol. The van der Waals surface area contributed by atoms with Gasteiger partial charge in [0.2, 0.25) is 0 Å². The monoisotopic (exact) mass is 244 g/mol. The summed E-state index contributed by atoms with van der Waals surface area (Å²) in [6, 6.07) is 0. The van der Waals surface area contributed by atoms with E-state index in [9.17, 15) is 4.21 Å². The van der Waals surface area contributed by atoms with Crippen LogP contribution in [0, 0.1) is 5.41 Å². The van der Waals surface area contributed by atoms with Crippen molar-refractivity contribution in [3.8, 4) is 0 Å². The zero-order valence-corrected chi connectivity index (χ0v) is 11.4. The number of rotatable bonds is 3. The summed E-state index contributed by atoms with van der Waals surface area (Å²) < 4.78 is 14.3. The van der Waals surface area contributed by atoms with Crippen molar-refractivity contribution in [2.24, 2.45) is 5.41 Å². The van der Waals surface area contributed by atoms with Gasteiger partial charge in [-0.2, -0.15) is 0 Å². The van der Waals surface area contributed by atoms with E-state index in [1.54, 1.807) is 0 Å². The van der Waals surface area contributed by atoms with Crippen molar-refractivity contribution in [3.05, 3.63) is 0 Å². The van der Waals surface area contributed by atoms with Gasteiger partial charge in [0.1, 0.15) is 11.0 Å². The molecule has 2 aliphatic heterocycles. The van der Waals surface area contributed by atoms with Crippen LogP contribution in [-0.2, 0) is 11.0 Å². The molecule has 0 radical (unpaired) electrons. The first-order chi connectivity index (χ1) is 7.57. The highest BCUT2D eigenvalue weighted by molar-refractivity contribution is 7.82. The van der Waals surface area contributed by atoms with Crippen LogP contribution in [0.4, 0.5) is 0 Å². The number of nitrogens with zero attached hydrogens (tertiary/aromatic N) is 2. The van der Waals surface area contributed by atoms with Crippen molar-refractivity contribution in [2.45, 2.75) is 39.5 Å². The lowest BCUT2D eigenvalue weighted by molar-refractivity contribution is 0.199. The minimum atomic E-state index is -0.770. The highest BCUT2D eigenvalue weighted by Gasteiger charge is 2.28. The Labute approximate surface area is 102 Å². The maximum atomic E-state index is 12.2. The molecule has 0 amide bonds. The van der Waals surface area contributed by atoms with Gasteiger partial charge < -0.3 is 0 Å². The van der Waals surface area contributed by atoms with E-state index in [0.29, 0.717) is 5.41 Å². The third-order valence-electron chi connectivity index (χ3n) is 3.86. The fraction of sp³-hybridized carbons (Fsp3) is 1.00. The molecule has 4 heteroatoms. The third-order valence-corrected chi connectivity index (χ3v) is 5.38. The molecule has 0 saturated carbocycles. The maximum absolute atomic E-state index is 12.2. The molecule has 0 aromatic carbocycles. The molecule has 2 aliphatic rings. The molecule has 2 heterocycles. The van der Waals surface area contributed by atoms with Gasteiger partial charge in [-0.3, -0.25) is 4.90 Å². The molecule has 0 aliphatic carbocycles. The van der Waals surface area contributed by atoms with Gasteiger partial charge in [0.15, 0.2) is 0 Å². The second-order valence-corrected chi connectivity index (χ2v) is 7.29. The van der Waals surface area contributed by atoms with E-state index in [-0.39, 0.29) is 0 Å². The van der Waals surface area contributed by atoms with E-state index in [4.69, 9.17) is 0 Å². The van der Waals surface area contributed by atoms with E-state index >= 15 is 0 Å². The SMILES string of the molecule is CC1(C)CCN(S(=O)CN2CCCC2)CC1. The van der Waals surface area contributed by atoms with Gasteiger partial charge in [-0.1, -0.05) is 13.8 Å². The minimum absolute atomic E-state index is 0.453. The Morgan fingerprint density at radius 1 is 1.06 bits per heavy atom. The molecule has 0 bridgehead atoms. The van der Waals surface area contributed by atoms with Crippen LogP contribution < -0.4 is 0 Å². The summed E-state index contributed by atoms with van der Waals surface area (Å²) in [6.45, 7) is 8.93. The van der Waals surface area contributed by atoms with Gasteiger partial charge in [0, 0.05) is 13.1 Å². The van der Waals surface area contributed by atoms with Gasteiger partial charge in [-0.15, -0.1) is 0 Å². The molecule has 94 valence electrons. The van der Waals surface area contributed by atoms with Crippen LogP contribution >= 0.6 is 0 Å². The lowest BCUT2D eigenvalue weighted by Gasteiger charge is -2.36. The van der Waals surface area contributed by atoms with Crippen LogP contribution in [0.2, 0.25) is 0 Å². The summed E-state index contributed by atoms with van der Waals surface area (Å²) in [5.41, 5.74) is 0.453. The van der Waals surface area contributed by atoms with Gasteiger partial charge >= 0.3 is 0 Å². The van der Waals surface area contributed by atoms with Crippen molar-refractivity contribution in [2.75, 3.05) is 32.1 Å². The molecule has 0 N–H and O–H groups in total. The van der Waals surface area contributed by atoms with Gasteiger partial charge in [0.25, 0.3) is 0 Å². The van der Waals surface area contributed by atoms with E-state index < -0.39 is 11.0 Å². The summed E-state index contributed by atoms with van der Waals surface area (Å²) in [6.07, 6.45) is 4.92. The van der Waals surface area contributed by atoms with Gasteiger partial charge in [0.05, 0.1) is 5.88 Å². The lowest BCUT2D eigenvalue weighted by atomic mass is 9.83. The quantitative estimate of drug-likeness (QED) is 0.756. The molecule has 2 saturated heterocycles. The molecule has 1 atom stereocenters. The van der Waals surface area contributed by atoms with Crippen LogP contribution in [0.5, 0.6) is 0 Å². The lowest BCUT2D eigenvalue weighted by Crippen LogP contribution is -2.41.